The van der Waals surface area contributed by atoms with Gasteiger partial charge in [-0.25, -0.2) is 0 Å². The van der Waals surface area contributed by atoms with Gasteiger partial charge < -0.3 is 10.4 Å². The minimum absolute atomic E-state index is 0.110. The SMILES string of the molecule is O=C1C(C[NH2+]CCO)=Cc2cccc3cccc1c23. The lowest BCUT2D eigenvalue weighted by Gasteiger charge is -2.16. The molecule has 0 radical (unpaired) electrons. The number of carbonyl (C=O) groups excluding carboxylic acids is 1. The van der Waals surface area contributed by atoms with E-state index in [4.69, 9.17) is 5.11 Å². The molecule has 0 saturated carbocycles. The molecule has 0 aliphatic heterocycles. The Labute approximate surface area is 111 Å². The molecular weight excluding hydrogens is 238 g/mol. The molecule has 0 bridgehead atoms. The predicted molar refractivity (Wildman–Crippen MR) is 75.0 cm³/mol. The van der Waals surface area contributed by atoms with Crippen LogP contribution in [0, 0.1) is 0 Å². The molecule has 2 aromatic rings. The number of hydrogen-bond acceptors (Lipinski definition) is 2. The molecule has 0 spiro atoms. The van der Waals surface area contributed by atoms with Gasteiger partial charge in [-0.3, -0.25) is 4.79 Å². The van der Waals surface area contributed by atoms with Crippen molar-refractivity contribution >= 4 is 22.6 Å². The highest BCUT2D eigenvalue weighted by molar-refractivity contribution is 6.22. The van der Waals surface area contributed by atoms with Crippen molar-refractivity contribution in [3.05, 3.63) is 53.1 Å². The highest BCUT2D eigenvalue weighted by Gasteiger charge is 2.22. The number of hydrogen-bond donors (Lipinski definition) is 2. The zero-order valence-corrected chi connectivity index (χ0v) is 10.6. The molecule has 2 aromatic carbocycles. The zero-order chi connectivity index (χ0) is 13.2. The summed E-state index contributed by atoms with van der Waals surface area (Å²) >= 11 is 0. The maximum absolute atomic E-state index is 12.4. The molecule has 96 valence electrons. The number of Topliss-reactive ketones (excluding diaryl/α,β-unsaturated/α-hetero) is 1. The summed E-state index contributed by atoms with van der Waals surface area (Å²) in [5.41, 5.74) is 2.71. The van der Waals surface area contributed by atoms with Gasteiger partial charge in [0.15, 0.2) is 5.78 Å². The molecule has 0 saturated heterocycles. The molecule has 1 aliphatic carbocycles. The summed E-state index contributed by atoms with van der Waals surface area (Å²) in [4.78, 5) is 12.4. The summed E-state index contributed by atoms with van der Waals surface area (Å²) in [7, 11) is 0. The zero-order valence-electron chi connectivity index (χ0n) is 10.6. The molecule has 3 N–H and O–H groups in total. The minimum Gasteiger partial charge on any atom is -0.391 e. The third kappa shape index (κ3) is 2.07. The van der Waals surface area contributed by atoms with Crippen molar-refractivity contribution in [2.75, 3.05) is 19.7 Å². The van der Waals surface area contributed by atoms with Crippen molar-refractivity contribution in [2.24, 2.45) is 0 Å². The lowest BCUT2D eigenvalue weighted by Crippen LogP contribution is -2.85. The van der Waals surface area contributed by atoms with Crippen LogP contribution >= 0.6 is 0 Å². The van der Waals surface area contributed by atoms with Crippen molar-refractivity contribution < 1.29 is 15.2 Å². The van der Waals surface area contributed by atoms with E-state index in [9.17, 15) is 4.79 Å². The molecule has 0 atom stereocenters. The Kier molecular flexibility index (Phi) is 3.15. The van der Waals surface area contributed by atoms with Crippen molar-refractivity contribution in [1.82, 2.24) is 0 Å². The summed E-state index contributed by atoms with van der Waals surface area (Å²) in [6.07, 6.45) is 1.98. The molecule has 0 heterocycles. The fourth-order valence-corrected chi connectivity index (χ4v) is 2.61. The van der Waals surface area contributed by atoms with Gasteiger partial charge in [-0.05, 0) is 17.0 Å². The van der Waals surface area contributed by atoms with Gasteiger partial charge in [-0.1, -0.05) is 36.4 Å². The molecule has 3 nitrogen and oxygen atoms in total. The van der Waals surface area contributed by atoms with E-state index in [1.165, 1.54) is 0 Å². The van der Waals surface area contributed by atoms with Gasteiger partial charge in [0, 0.05) is 10.9 Å². The van der Waals surface area contributed by atoms with Crippen LogP contribution in [0.3, 0.4) is 0 Å². The second-order valence-electron chi connectivity index (χ2n) is 4.75. The first-order valence-corrected chi connectivity index (χ1v) is 6.51. The molecule has 0 aromatic heterocycles. The number of benzene rings is 2. The summed E-state index contributed by atoms with van der Waals surface area (Å²) in [5.74, 6) is 0.110. The van der Waals surface area contributed by atoms with E-state index >= 15 is 0 Å². The Hall–Kier alpha value is -1.97. The van der Waals surface area contributed by atoms with E-state index < -0.39 is 0 Å². The first-order valence-electron chi connectivity index (χ1n) is 6.51. The number of quaternary nitrogens is 1. The van der Waals surface area contributed by atoms with Crippen molar-refractivity contribution in [3.8, 4) is 0 Å². The van der Waals surface area contributed by atoms with Gasteiger partial charge in [0.05, 0.1) is 18.7 Å². The molecule has 0 fully saturated rings. The number of aliphatic hydroxyl groups is 1. The van der Waals surface area contributed by atoms with Crippen molar-refractivity contribution in [3.63, 3.8) is 0 Å². The van der Waals surface area contributed by atoms with Crippen LogP contribution in [0.5, 0.6) is 0 Å². The third-order valence-electron chi connectivity index (χ3n) is 3.50. The van der Waals surface area contributed by atoms with Crippen LogP contribution in [0.25, 0.3) is 16.8 Å². The van der Waals surface area contributed by atoms with Crippen LogP contribution < -0.4 is 5.32 Å². The molecule has 0 amide bonds. The Morgan fingerprint density at radius 2 is 1.89 bits per heavy atom. The van der Waals surface area contributed by atoms with Crippen LogP contribution in [0.2, 0.25) is 0 Å². The van der Waals surface area contributed by atoms with E-state index in [1.54, 1.807) is 0 Å². The monoisotopic (exact) mass is 254 g/mol. The molecular formula is C16H16NO2+. The molecule has 19 heavy (non-hydrogen) atoms. The van der Waals surface area contributed by atoms with Crippen molar-refractivity contribution in [1.29, 1.82) is 0 Å². The minimum atomic E-state index is 0.110. The topological polar surface area (TPSA) is 53.9 Å². The summed E-state index contributed by atoms with van der Waals surface area (Å²) in [6.45, 7) is 1.37. The number of rotatable bonds is 4. The average Bonchev–Trinajstić information content (AvgIpc) is 2.44. The van der Waals surface area contributed by atoms with Gasteiger partial charge in [-0.2, -0.15) is 0 Å². The summed E-state index contributed by atoms with van der Waals surface area (Å²) in [5, 5.41) is 12.9. The summed E-state index contributed by atoms with van der Waals surface area (Å²) < 4.78 is 0. The molecule has 3 rings (SSSR count). The maximum atomic E-state index is 12.4. The maximum Gasteiger partial charge on any atom is 0.195 e. The first kappa shape index (κ1) is 12.1. The highest BCUT2D eigenvalue weighted by atomic mass is 16.3. The normalized spacial score (nSPS) is 13.7. The van der Waals surface area contributed by atoms with Crippen LogP contribution in [0.1, 0.15) is 15.9 Å². The van der Waals surface area contributed by atoms with Gasteiger partial charge in [0.1, 0.15) is 6.54 Å². The number of carbonyl (C=O) groups is 1. The van der Waals surface area contributed by atoms with Gasteiger partial charge >= 0.3 is 0 Å². The predicted octanol–water partition coefficient (Wildman–Crippen LogP) is 0.975. The highest BCUT2D eigenvalue weighted by Crippen LogP contribution is 2.30. The number of aliphatic hydroxyl groups excluding tert-OH is 1. The Bertz CT molecular complexity index is 668. The van der Waals surface area contributed by atoms with Gasteiger partial charge in [0.2, 0.25) is 0 Å². The van der Waals surface area contributed by atoms with Crippen LogP contribution in [0.4, 0.5) is 0 Å². The standard InChI is InChI=1S/C16H15NO2/c18-8-7-17-10-13-9-12-5-1-3-11-4-2-6-14(15(11)12)16(13)19/h1-6,9,17-18H,7-8,10H2/p+1. The lowest BCUT2D eigenvalue weighted by molar-refractivity contribution is -0.648. The second kappa shape index (κ2) is 4.96. The van der Waals surface area contributed by atoms with E-state index in [2.05, 4.69) is 0 Å². The first-order chi connectivity index (χ1) is 9.31. The van der Waals surface area contributed by atoms with Crippen LogP contribution in [-0.2, 0) is 0 Å². The fourth-order valence-electron chi connectivity index (χ4n) is 2.61. The number of nitrogens with two attached hydrogens (primary N) is 1. The molecule has 3 heteroatoms. The van der Waals surface area contributed by atoms with Crippen molar-refractivity contribution in [2.45, 2.75) is 0 Å². The summed E-state index contributed by atoms with van der Waals surface area (Å²) in [6, 6.07) is 12.0. The second-order valence-corrected chi connectivity index (χ2v) is 4.75. The van der Waals surface area contributed by atoms with E-state index in [0.29, 0.717) is 13.1 Å². The Morgan fingerprint density at radius 3 is 2.68 bits per heavy atom. The van der Waals surface area contributed by atoms with E-state index in [-0.39, 0.29) is 12.4 Å². The van der Waals surface area contributed by atoms with E-state index in [1.807, 2.05) is 47.8 Å². The molecule has 0 unspecified atom stereocenters. The lowest BCUT2D eigenvalue weighted by atomic mass is 9.88. The Morgan fingerprint density at radius 1 is 1.11 bits per heavy atom. The molecule has 1 aliphatic rings. The number of ketones is 1. The van der Waals surface area contributed by atoms with Crippen LogP contribution in [0.15, 0.2) is 42.0 Å². The fraction of sp³-hybridized carbons (Fsp3) is 0.188. The quantitative estimate of drug-likeness (QED) is 0.799. The van der Waals surface area contributed by atoms with Crippen LogP contribution in [-0.4, -0.2) is 30.6 Å². The smallest absolute Gasteiger partial charge is 0.195 e. The van der Waals surface area contributed by atoms with Gasteiger partial charge in [-0.15, -0.1) is 0 Å². The van der Waals surface area contributed by atoms with E-state index in [0.717, 1.165) is 27.5 Å². The largest absolute Gasteiger partial charge is 0.391 e. The third-order valence-corrected chi connectivity index (χ3v) is 3.50. The Balaban J connectivity index is 2.06. The average molecular weight is 254 g/mol. The van der Waals surface area contributed by atoms with Gasteiger partial charge in [0.25, 0.3) is 0 Å².